The SMILES string of the molecule is C.COc1ccc(C(=S)SC(C#N)c2ccccc2)cc1.Cc1ccc(C(=S)SC(C#N)c2ccccc2)cc1.N#CC(SC(=S)c1ccc(-c2ccccc2)cc1)c1ccccc1.N#CC(SC(=S)c1ccc(F)cc1)c1ccccc1.N#CC(SC(=S)c1ccc2ccccc2c1)c1ccccc1.N#CC(SC(=S)c1ccccc1)c1ccccc1. The fourth-order valence-electron chi connectivity index (χ4n) is 11.2. The molecule has 123 heavy (non-hydrogen) atoms. The van der Waals surface area contributed by atoms with E-state index in [1.807, 2.05) is 316 Å². The molecule has 0 amide bonds. The molecule has 0 saturated carbocycles. The van der Waals surface area contributed by atoms with Crippen LogP contribution < -0.4 is 4.74 Å². The van der Waals surface area contributed by atoms with Gasteiger partial charge in [-0.3, -0.25) is 0 Å². The molecular weight excluding hydrogens is 1740 g/mol. The van der Waals surface area contributed by atoms with Crippen molar-refractivity contribution >= 4 is 180 Å². The maximum atomic E-state index is 12.8. The number of aryl methyl sites for hydroxylation is 1. The number of thiocarbonyl (C=S) groups is 6. The van der Waals surface area contributed by atoms with Crippen LogP contribution in [0.5, 0.6) is 5.75 Å². The highest BCUT2D eigenvalue weighted by Crippen LogP contribution is 2.38. The highest BCUT2D eigenvalue weighted by Gasteiger charge is 2.21. The van der Waals surface area contributed by atoms with Crippen molar-refractivity contribution in [1.82, 2.24) is 0 Å². The van der Waals surface area contributed by atoms with Crippen LogP contribution in [0.25, 0.3) is 21.9 Å². The van der Waals surface area contributed by atoms with E-state index in [1.54, 1.807) is 19.2 Å². The summed E-state index contributed by atoms with van der Waals surface area (Å²) in [5, 5.41) is 56.6. The second kappa shape index (κ2) is 53.5. The van der Waals surface area contributed by atoms with Gasteiger partial charge in [-0.2, -0.15) is 31.6 Å². The first kappa shape index (κ1) is 97.1. The zero-order chi connectivity index (χ0) is 86.6. The number of halogens is 1. The van der Waals surface area contributed by atoms with E-state index in [1.165, 1.54) is 99.2 Å². The topological polar surface area (TPSA) is 152 Å². The molecule has 14 aromatic carbocycles. The highest BCUT2D eigenvalue weighted by molar-refractivity contribution is 8.25. The van der Waals surface area contributed by atoms with Crippen LogP contribution in [0, 0.1) is 80.7 Å². The number of hydrogen-bond acceptors (Lipinski definition) is 19. The third-order valence-corrected chi connectivity index (χ3v) is 27.1. The van der Waals surface area contributed by atoms with Crippen LogP contribution in [0.1, 0.15) is 111 Å². The Morgan fingerprint density at radius 3 is 0.772 bits per heavy atom. The minimum absolute atomic E-state index is 0. The Labute approximate surface area is 779 Å². The predicted octanol–water partition coefficient (Wildman–Crippen LogP) is 30.1. The molecule has 0 aliphatic carbocycles. The van der Waals surface area contributed by atoms with E-state index >= 15 is 0 Å². The summed E-state index contributed by atoms with van der Waals surface area (Å²) in [7, 11) is 1.63. The van der Waals surface area contributed by atoms with Crippen LogP contribution >= 0.6 is 144 Å². The van der Waals surface area contributed by atoms with Gasteiger partial charge in [-0.1, -0.05) is 497 Å². The molecule has 0 aliphatic heterocycles. The molecule has 20 heteroatoms. The fraction of sp³-hybridized carbons (Fsp3) is 0.0874. The summed E-state index contributed by atoms with van der Waals surface area (Å²) in [6, 6.07) is 136. The minimum Gasteiger partial charge on any atom is -0.497 e. The number of nitrogens with zero attached hydrogens (tertiary/aromatic N) is 6. The van der Waals surface area contributed by atoms with Crippen molar-refractivity contribution in [1.29, 1.82) is 31.6 Å². The molecular formula is C103H79FN6OS12. The number of rotatable bonds is 20. The first-order valence-corrected chi connectivity index (χ1v) is 45.3. The van der Waals surface area contributed by atoms with E-state index in [0.717, 1.165) is 100 Å². The maximum Gasteiger partial charge on any atom is 0.123 e. The van der Waals surface area contributed by atoms with Crippen molar-refractivity contribution in [3.05, 3.63) is 460 Å². The molecule has 0 radical (unpaired) electrons. The van der Waals surface area contributed by atoms with E-state index in [0.29, 0.717) is 8.39 Å². The van der Waals surface area contributed by atoms with Crippen LogP contribution in [0.2, 0.25) is 0 Å². The number of nitriles is 6. The molecule has 14 rings (SSSR count). The Bertz CT molecular complexity index is 5880. The zero-order valence-electron chi connectivity index (χ0n) is 65.7. The number of hydrogen-bond donors (Lipinski definition) is 0. The third kappa shape index (κ3) is 31.8. The van der Waals surface area contributed by atoms with Crippen molar-refractivity contribution in [3.63, 3.8) is 0 Å². The van der Waals surface area contributed by atoms with Gasteiger partial charge in [0, 0.05) is 0 Å². The lowest BCUT2D eigenvalue weighted by Gasteiger charge is -2.11. The fourth-order valence-corrected chi connectivity index (χ4v) is 18.7. The van der Waals surface area contributed by atoms with Crippen molar-refractivity contribution in [2.24, 2.45) is 0 Å². The highest BCUT2D eigenvalue weighted by atomic mass is 32.2. The molecule has 0 N–H and O–H groups in total. The summed E-state index contributed by atoms with van der Waals surface area (Å²) in [5.41, 5.74) is 15.0. The molecule has 0 spiro atoms. The zero-order valence-corrected chi connectivity index (χ0v) is 75.5. The molecule has 7 nitrogen and oxygen atoms in total. The maximum absolute atomic E-state index is 12.8. The third-order valence-electron chi connectivity index (χ3n) is 17.6. The van der Waals surface area contributed by atoms with Gasteiger partial charge in [0.05, 0.1) is 68.7 Å². The smallest absolute Gasteiger partial charge is 0.123 e. The molecule has 0 bridgehead atoms. The Kier molecular flexibility index (Phi) is 42.3. The Hall–Kier alpha value is -11.4. The number of benzene rings is 14. The molecule has 0 aliphatic rings. The second-order valence-electron chi connectivity index (χ2n) is 25.9. The lowest BCUT2D eigenvalue weighted by molar-refractivity contribution is 0.415. The van der Waals surface area contributed by atoms with Gasteiger partial charge in [0.2, 0.25) is 0 Å². The van der Waals surface area contributed by atoms with Crippen molar-refractivity contribution in [2.45, 2.75) is 45.9 Å². The predicted molar refractivity (Wildman–Crippen MR) is 544 cm³/mol. The van der Waals surface area contributed by atoms with Crippen molar-refractivity contribution in [3.8, 4) is 53.3 Å². The van der Waals surface area contributed by atoms with Crippen LogP contribution in [0.15, 0.2) is 382 Å². The van der Waals surface area contributed by atoms with E-state index in [9.17, 15) is 36.0 Å². The van der Waals surface area contributed by atoms with Crippen LogP contribution in [0.4, 0.5) is 4.39 Å². The van der Waals surface area contributed by atoms with Crippen LogP contribution in [-0.4, -0.2) is 32.3 Å². The molecule has 0 saturated heterocycles. The first-order valence-electron chi connectivity index (χ1n) is 37.6. The van der Waals surface area contributed by atoms with E-state index in [2.05, 4.69) is 84.9 Å². The molecule has 6 unspecified atom stereocenters. The second-order valence-corrected chi connectivity index (χ2v) is 36.6. The van der Waals surface area contributed by atoms with E-state index < -0.39 is 0 Å². The molecule has 0 fully saturated rings. The quantitative estimate of drug-likeness (QED) is 0.0665. The summed E-state index contributed by atoms with van der Waals surface area (Å²) < 4.78 is 22.3. The number of ether oxygens (including phenoxy) is 1. The Morgan fingerprint density at radius 2 is 0.480 bits per heavy atom. The summed E-state index contributed by atoms with van der Waals surface area (Å²) in [4.78, 5) is 0. The number of fused-ring (bicyclic) bond motifs is 1. The Balaban J connectivity index is 0.000000183. The monoisotopic (exact) mass is 1820 g/mol. The molecule has 14 aromatic rings. The average Bonchev–Trinajstić information content (AvgIpc) is 0.762. The largest absolute Gasteiger partial charge is 0.497 e. The van der Waals surface area contributed by atoms with E-state index in [4.69, 9.17) is 78.0 Å². The van der Waals surface area contributed by atoms with Crippen molar-refractivity contribution in [2.75, 3.05) is 7.11 Å². The standard InChI is InChI=1S/C21H15NS2.C19H13NS2.C16H13NOS2.C16H13NS2.C15H10FNS2.C15H11NS2.CH4/c22-15-20(18-9-5-2-6-10-18)24-21(23)19-13-11-17(12-14-19)16-7-3-1-4-8-16;20-13-18(15-7-2-1-3-8-15)22-19(21)17-11-10-14-6-4-5-9-16(14)12-17;1-18-14-9-7-13(8-10-14)16(19)20-15(11-17)12-5-3-2-4-6-12;1-12-7-9-14(10-8-12)16(18)19-15(11-17)13-5-3-2-4-6-13;16-13-8-6-12(7-9-13)15(18)19-14(10-17)11-4-2-1-3-5-11;16-11-14(12-7-3-1-4-8-12)18-15(17)13-9-5-2-6-10-13;/h1-14,20H;1-12,18H;2-10,15H,1H3;2-10,15H,1H3;1-9,14H;1-10,14H;1H4. The van der Waals surface area contributed by atoms with Crippen LogP contribution in [-0.2, 0) is 0 Å². The summed E-state index contributed by atoms with van der Waals surface area (Å²) in [6.07, 6.45) is 0. The van der Waals surface area contributed by atoms with Gasteiger partial charge in [0.1, 0.15) is 43.1 Å². The van der Waals surface area contributed by atoms with Gasteiger partial charge in [-0.05, 0) is 138 Å². The average molecular weight is 1820 g/mol. The molecule has 606 valence electrons. The Morgan fingerprint density at radius 1 is 0.260 bits per heavy atom. The number of methoxy groups -OCH3 is 1. The number of thioether (sulfide) groups is 6. The van der Waals surface area contributed by atoms with Gasteiger partial charge in [0.25, 0.3) is 0 Å². The van der Waals surface area contributed by atoms with Gasteiger partial charge in [-0.25, -0.2) is 4.39 Å². The lowest BCUT2D eigenvalue weighted by Crippen LogP contribution is -1.98. The van der Waals surface area contributed by atoms with Crippen LogP contribution in [0.3, 0.4) is 0 Å². The lowest BCUT2D eigenvalue weighted by atomic mass is 10.0. The molecule has 6 atom stereocenters. The summed E-state index contributed by atoms with van der Waals surface area (Å²) in [5.74, 6) is 0.498. The van der Waals surface area contributed by atoms with Gasteiger partial charge < -0.3 is 4.74 Å². The first-order chi connectivity index (χ1) is 59.5. The molecule has 0 aromatic heterocycles. The summed E-state index contributed by atoms with van der Waals surface area (Å²) in [6.45, 7) is 2.04. The normalized spacial score (nSPS) is 11.5. The molecule has 0 heterocycles. The van der Waals surface area contributed by atoms with Crippen molar-refractivity contribution < 1.29 is 9.13 Å². The van der Waals surface area contributed by atoms with Gasteiger partial charge in [-0.15, -0.1) is 0 Å². The minimum atomic E-state index is -0.348. The van der Waals surface area contributed by atoms with E-state index in [-0.39, 0.29) is 44.7 Å². The summed E-state index contributed by atoms with van der Waals surface area (Å²) >= 11 is 41.0. The van der Waals surface area contributed by atoms with Gasteiger partial charge in [0.15, 0.2) is 0 Å². The van der Waals surface area contributed by atoms with Gasteiger partial charge >= 0.3 is 0 Å².